The smallest absolute Gasteiger partial charge is 0.304 e. The van der Waals surface area contributed by atoms with Gasteiger partial charge in [0.15, 0.2) is 0 Å². The molecule has 0 aromatic carbocycles. The van der Waals surface area contributed by atoms with E-state index in [1.165, 1.54) is 167 Å². The number of quaternary nitrogens is 1. The topological polar surface area (TPSA) is 36.9 Å². The average molecular weight is 673 g/mol. The lowest BCUT2D eigenvalue weighted by Crippen LogP contribution is -2.38. The molecular formula is C40H86NO4Si+. The van der Waals surface area contributed by atoms with Gasteiger partial charge in [-0.3, -0.25) is 0 Å². The Kier molecular flexibility index (Phi) is 37.8. The molecule has 0 aliphatic carbocycles. The minimum atomic E-state index is -0.959. The van der Waals surface area contributed by atoms with Gasteiger partial charge in [0.1, 0.15) is 12.6 Å². The highest BCUT2D eigenvalue weighted by atomic mass is 28.3. The Bertz CT molecular complexity index is 560. The molecule has 0 N–H and O–H groups in total. The van der Waals surface area contributed by atoms with Gasteiger partial charge in [-0.2, -0.15) is 0 Å². The third-order valence-corrected chi connectivity index (χ3v) is 10.0. The molecule has 0 fully saturated rings. The van der Waals surface area contributed by atoms with Gasteiger partial charge in [0.05, 0.1) is 41.0 Å². The van der Waals surface area contributed by atoms with Gasteiger partial charge in [-0.15, -0.1) is 0 Å². The fourth-order valence-electron chi connectivity index (χ4n) is 5.94. The summed E-state index contributed by atoms with van der Waals surface area (Å²) in [6, 6.07) is 0. The van der Waals surface area contributed by atoms with Crippen LogP contribution in [0.5, 0.6) is 0 Å². The summed E-state index contributed by atoms with van der Waals surface area (Å²) in [7, 11) is 5.63. The van der Waals surface area contributed by atoms with E-state index in [1.54, 1.807) is 0 Å². The van der Waals surface area contributed by atoms with Crippen LogP contribution >= 0.6 is 0 Å². The molecule has 0 aliphatic heterocycles. The Hall–Kier alpha value is 0.0169. The molecule has 6 heteroatoms. The third-order valence-electron chi connectivity index (χ3n) is 9.17. The van der Waals surface area contributed by atoms with E-state index >= 15 is 0 Å². The Morgan fingerprint density at radius 1 is 0.413 bits per heavy atom. The molecule has 46 heavy (non-hydrogen) atoms. The molecule has 0 rings (SSSR count). The van der Waals surface area contributed by atoms with Crippen molar-refractivity contribution >= 4 is 10.0 Å². The molecule has 0 amide bonds. The highest BCUT2D eigenvalue weighted by molar-refractivity contribution is 6.17. The van der Waals surface area contributed by atoms with Crippen molar-refractivity contribution in [2.45, 2.75) is 200 Å². The first-order valence-corrected chi connectivity index (χ1v) is 21.8. The Morgan fingerprint density at radius 3 is 1.17 bits per heavy atom. The molecule has 0 aromatic heterocycles. The summed E-state index contributed by atoms with van der Waals surface area (Å²) in [6.07, 6.45) is 38.8. The van der Waals surface area contributed by atoms with Gasteiger partial charge < -0.3 is 22.8 Å². The summed E-state index contributed by atoms with van der Waals surface area (Å²) in [5.41, 5.74) is 0. The minimum absolute atomic E-state index is 0.0307. The summed E-state index contributed by atoms with van der Waals surface area (Å²) in [5.74, 6) is 0. The molecule has 5 nitrogen and oxygen atoms in total. The molecule has 1 atom stereocenters. The van der Waals surface area contributed by atoms with Gasteiger partial charge in [0.25, 0.3) is 0 Å². The predicted molar refractivity (Wildman–Crippen MR) is 205 cm³/mol. The fourth-order valence-corrected chi connectivity index (χ4v) is 6.66. The van der Waals surface area contributed by atoms with E-state index in [1.807, 2.05) is 0 Å². The SMILES string of the molecule is CCCCCCCCCCCCCCCCOCC(CO[SiH2]OCC[N+](C)(C)C)OCCCCCCCCCCCCCCCC. The molecular weight excluding hydrogens is 587 g/mol. The van der Waals surface area contributed by atoms with Crippen LogP contribution in [-0.4, -0.2) is 81.3 Å². The largest absolute Gasteiger partial charge is 0.396 e. The second-order valence-electron chi connectivity index (χ2n) is 15.2. The maximum Gasteiger partial charge on any atom is 0.304 e. The normalized spacial score (nSPS) is 13.0. The minimum Gasteiger partial charge on any atom is -0.396 e. The second kappa shape index (κ2) is 37.8. The van der Waals surface area contributed by atoms with Crippen LogP contribution in [0, 0.1) is 0 Å². The molecule has 1 unspecified atom stereocenters. The summed E-state index contributed by atoms with van der Waals surface area (Å²) >= 11 is 0. The van der Waals surface area contributed by atoms with Crippen molar-refractivity contribution in [3.8, 4) is 0 Å². The van der Waals surface area contributed by atoms with E-state index in [4.69, 9.17) is 18.3 Å². The number of unbranched alkanes of at least 4 members (excludes halogenated alkanes) is 26. The number of ether oxygens (including phenoxy) is 2. The van der Waals surface area contributed by atoms with Crippen molar-refractivity contribution in [2.75, 3.05) is 60.7 Å². The standard InChI is InChI=1S/C40H86NO4Si/c1-6-8-10-12-14-16-18-20-22-24-26-28-30-32-35-42-38-40(39-45-46-44-37-34-41(3,4)5)43-36-33-31-29-27-25-23-21-19-17-15-13-11-9-7-2/h40H,6-39,46H2,1-5H3/q+1. The first-order chi connectivity index (χ1) is 22.5. The highest BCUT2D eigenvalue weighted by Crippen LogP contribution is 2.14. The molecule has 0 spiro atoms. The number of likely N-dealkylation sites (N-methyl/N-ethyl adjacent to an activating group) is 1. The molecule has 0 aliphatic rings. The van der Waals surface area contributed by atoms with E-state index < -0.39 is 10.0 Å². The van der Waals surface area contributed by atoms with Crippen LogP contribution in [0.3, 0.4) is 0 Å². The van der Waals surface area contributed by atoms with Crippen LogP contribution in [0.2, 0.25) is 0 Å². The number of nitrogens with zero attached hydrogens (tertiary/aromatic N) is 1. The lowest BCUT2D eigenvalue weighted by molar-refractivity contribution is -0.870. The molecule has 0 bridgehead atoms. The summed E-state index contributed by atoms with van der Waals surface area (Å²) < 4.78 is 25.0. The van der Waals surface area contributed by atoms with Crippen LogP contribution in [0.1, 0.15) is 194 Å². The van der Waals surface area contributed by atoms with Crippen molar-refractivity contribution in [2.24, 2.45) is 0 Å². The maximum absolute atomic E-state index is 6.25. The van der Waals surface area contributed by atoms with Crippen LogP contribution in [-0.2, 0) is 18.3 Å². The van der Waals surface area contributed by atoms with Crippen LogP contribution in [0.15, 0.2) is 0 Å². The van der Waals surface area contributed by atoms with Crippen LogP contribution in [0.25, 0.3) is 0 Å². The van der Waals surface area contributed by atoms with Crippen LogP contribution in [0.4, 0.5) is 0 Å². The average Bonchev–Trinajstić information content (AvgIpc) is 3.03. The van der Waals surface area contributed by atoms with Crippen molar-refractivity contribution < 1.29 is 22.8 Å². The molecule has 278 valence electrons. The Morgan fingerprint density at radius 2 is 0.783 bits per heavy atom. The van der Waals surface area contributed by atoms with Gasteiger partial charge in [-0.25, -0.2) is 0 Å². The van der Waals surface area contributed by atoms with E-state index in [-0.39, 0.29) is 6.10 Å². The third kappa shape index (κ3) is 40.2. The van der Waals surface area contributed by atoms with Gasteiger partial charge in [-0.1, -0.05) is 181 Å². The Labute approximate surface area is 292 Å². The Balaban J connectivity index is 3.84. The van der Waals surface area contributed by atoms with Crippen molar-refractivity contribution in [1.82, 2.24) is 0 Å². The number of rotatable bonds is 40. The highest BCUT2D eigenvalue weighted by Gasteiger charge is 2.11. The summed E-state index contributed by atoms with van der Waals surface area (Å²) in [6.45, 7) is 9.29. The van der Waals surface area contributed by atoms with E-state index in [2.05, 4.69) is 35.0 Å². The van der Waals surface area contributed by atoms with E-state index in [0.717, 1.165) is 43.7 Å². The lowest BCUT2D eigenvalue weighted by atomic mass is 10.0. The predicted octanol–water partition coefficient (Wildman–Crippen LogP) is 11.1. The molecule has 0 saturated carbocycles. The zero-order valence-corrected chi connectivity index (χ0v) is 33.8. The number of hydrogen-bond donors (Lipinski definition) is 0. The fraction of sp³-hybridized carbons (Fsp3) is 1.00. The lowest BCUT2D eigenvalue weighted by Gasteiger charge is -2.23. The van der Waals surface area contributed by atoms with Crippen molar-refractivity contribution in [3.63, 3.8) is 0 Å². The quantitative estimate of drug-likeness (QED) is 0.0369. The number of hydrogen-bond acceptors (Lipinski definition) is 4. The molecule has 0 heterocycles. The van der Waals surface area contributed by atoms with Crippen molar-refractivity contribution in [1.29, 1.82) is 0 Å². The maximum atomic E-state index is 6.25. The van der Waals surface area contributed by atoms with Gasteiger partial charge in [0, 0.05) is 13.2 Å². The second-order valence-corrected chi connectivity index (χ2v) is 16.2. The molecule has 0 aromatic rings. The monoisotopic (exact) mass is 673 g/mol. The molecule has 0 radical (unpaired) electrons. The zero-order chi connectivity index (χ0) is 33.7. The van der Waals surface area contributed by atoms with Crippen molar-refractivity contribution in [3.05, 3.63) is 0 Å². The van der Waals surface area contributed by atoms with Gasteiger partial charge in [-0.05, 0) is 12.8 Å². The summed E-state index contributed by atoms with van der Waals surface area (Å²) in [5, 5.41) is 0. The van der Waals surface area contributed by atoms with Gasteiger partial charge in [0.2, 0.25) is 0 Å². The van der Waals surface area contributed by atoms with E-state index in [9.17, 15) is 0 Å². The van der Waals surface area contributed by atoms with Gasteiger partial charge >= 0.3 is 10.0 Å². The van der Waals surface area contributed by atoms with Crippen LogP contribution < -0.4 is 0 Å². The first kappa shape index (κ1) is 46.0. The molecule has 0 saturated heterocycles. The first-order valence-electron chi connectivity index (χ1n) is 20.6. The summed E-state index contributed by atoms with van der Waals surface area (Å²) in [4.78, 5) is 0. The zero-order valence-electron chi connectivity index (χ0n) is 32.4. The van der Waals surface area contributed by atoms with E-state index in [0.29, 0.717) is 13.2 Å².